The normalized spacial score (nSPS) is 13.9. The van der Waals surface area contributed by atoms with E-state index in [1.807, 2.05) is 64.5 Å². The van der Waals surface area contributed by atoms with Gasteiger partial charge in [0, 0.05) is 129 Å². The molecule has 0 atom stereocenters. The third-order valence-electron chi connectivity index (χ3n) is 13.2. The molecule has 3 aliphatic heterocycles. The number of aliphatic imine (C=N–C) groups is 1. The number of rotatable bonds is 7. The fraction of sp³-hybridized carbons (Fsp3) is 0.424. The molecule has 2 N–H and O–H groups in total. The molecule has 1 saturated heterocycles. The van der Waals surface area contributed by atoms with E-state index in [4.69, 9.17) is 5.21 Å². The zero-order valence-corrected chi connectivity index (χ0v) is 45.7. The van der Waals surface area contributed by atoms with Crippen molar-refractivity contribution in [3.05, 3.63) is 173 Å². The Labute approximate surface area is 437 Å². The van der Waals surface area contributed by atoms with Crippen LogP contribution in [0.5, 0.6) is 0 Å². The summed E-state index contributed by atoms with van der Waals surface area (Å²) in [5.41, 5.74) is 13.1. The van der Waals surface area contributed by atoms with Crippen molar-refractivity contribution in [2.75, 3.05) is 19.6 Å². The van der Waals surface area contributed by atoms with Crippen molar-refractivity contribution in [3.63, 3.8) is 0 Å². The molecule has 390 valence electrons. The minimum atomic E-state index is 0.465. The zero-order chi connectivity index (χ0) is 52.9. The Kier molecular flexibility index (Phi) is 19.1. The fourth-order valence-electron chi connectivity index (χ4n) is 8.18. The Morgan fingerprint density at radius 3 is 1.88 bits per heavy atom. The smallest absolute Gasteiger partial charge is 0.233 e. The first-order chi connectivity index (χ1) is 35.5. The first-order valence-electron chi connectivity index (χ1n) is 26.4. The van der Waals surface area contributed by atoms with Crippen LogP contribution in [0.15, 0.2) is 128 Å². The number of imidazole rings is 3. The predicted octanol–water partition coefficient (Wildman–Crippen LogP) is 12.3. The van der Waals surface area contributed by atoms with Gasteiger partial charge in [0.15, 0.2) is 5.82 Å². The lowest BCUT2D eigenvalue weighted by atomic mass is 9.94. The molecule has 74 heavy (non-hydrogen) atoms. The number of hydrogen-bond donors (Lipinski definition) is 2. The second-order valence-corrected chi connectivity index (χ2v) is 21.0. The third kappa shape index (κ3) is 14.9. The van der Waals surface area contributed by atoms with Crippen LogP contribution in [0, 0.1) is 0 Å². The van der Waals surface area contributed by atoms with E-state index in [1.54, 1.807) is 6.20 Å². The van der Waals surface area contributed by atoms with Gasteiger partial charge in [0.1, 0.15) is 11.3 Å². The van der Waals surface area contributed by atoms with Crippen LogP contribution < -0.4 is 5.32 Å². The minimum absolute atomic E-state index is 0.465. The van der Waals surface area contributed by atoms with Crippen LogP contribution in [0.25, 0.3) is 17.1 Å². The van der Waals surface area contributed by atoms with Gasteiger partial charge in [0.2, 0.25) is 5.78 Å². The highest BCUT2D eigenvalue weighted by atomic mass is 16.5. The molecular formula is C59H78N14O. The number of fused-ring (bicyclic) bond motifs is 5. The molecule has 12 rings (SSSR count). The van der Waals surface area contributed by atoms with E-state index in [0.717, 1.165) is 79.1 Å². The van der Waals surface area contributed by atoms with Crippen LogP contribution in [-0.4, -0.2) is 89.0 Å². The molecule has 0 spiro atoms. The predicted molar refractivity (Wildman–Crippen MR) is 298 cm³/mol. The van der Waals surface area contributed by atoms with Crippen LogP contribution in [-0.2, 0) is 19.5 Å². The van der Waals surface area contributed by atoms with Crippen LogP contribution in [0.3, 0.4) is 0 Å². The van der Waals surface area contributed by atoms with E-state index in [-0.39, 0.29) is 0 Å². The molecule has 12 heterocycles. The Morgan fingerprint density at radius 2 is 1.22 bits per heavy atom. The van der Waals surface area contributed by atoms with Crippen molar-refractivity contribution in [1.82, 2.24) is 63.3 Å². The summed E-state index contributed by atoms with van der Waals surface area (Å²) in [6, 6.07) is 21.1. The second-order valence-electron chi connectivity index (χ2n) is 21.0. The van der Waals surface area contributed by atoms with E-state index in [2.05, 4.69) is 204 Å². The Balaban J connectivity index is 0.000000130. The average Bonchev–Trinajstić information content (AvgIpc) is 4.26. The monoisotopic (exact) mass is 999 g/mol. The topological polar surface area (TPSA) is 156 Å². The van der Waals surface area contributed by atoms with E-state index in [1.165, 1.54) is 38.7 Å². The quantitative estimate of drug-likeness (QED) is 0.158. The van der Waals surface area contributed by atoms with Crippen LogP contribution in [0.4, 0.5) is 5.82 Å². The third-order valence-corrected chi connectivity index (χ3v) is 13.2. The summed E-state index contributed by atoms with van der Waals surface area (Å²) >= 11 is 0. The largest absolute Gasteiger partial charge is 0.314 e. The molecule has 9 aromatic rings. The Hall–Kier alpha value is -6.94. The van der Waals surface area contributed by atoms with Crippen molar-refractivity contribution >= 4 is 29.1 Å². The van der Waals surface area contributed by atoms with Gasteiger partial charge in [-0.3, -0.25) is 14.1 Å². The molecule has 15 nitrogen and oxygen atoms in total. The zero-order valence-electron chi connectivity index (χ0n) is 45.7. The molecule has 0 aromatic carbocycles. The van der Waals surface area contributed by atoms with E-state index >= 15 is 0 Å². The lowest BCUT2D eigenvalue weighted by Gasteiger charge is -2.34. The summed E-state index contributed by atoms with van der Waals surface area (Å²) in [6.45, 7) is 30.5. The SMILES string of the molecule is CC(C)c1cc2n(n1)CCNC2.CC(C)c1ccc(C2CN(O)C2)cn1.CC(C)c1ccc2c(n1)N=CC2.CC(C)c1ccc2nccn2c1.CC(C)c1ccn2ccnc2c1.CC(C)c1ccn2ccnc2n1. The van der Waals surface area contributed by atoms with Crippen molar-refractivity contribution in [2.45, 2.75) is 144 Å². The summed E-state index contributed by atoms with van der Waals surface area (Å²) in [5, 5.41) is 18.2. The summed E-state index contributed by atoms with van der Waals surface area (Å²) in [4.78, 5) is 30.0. The second kappa shape index (κ2) is 25.8. The highest BCUT2D eigenvalue weighted by Crippen LogP contribution is 2.26. The van der Waals surface area contributed by atoms with Gasteiger partial charge in [-0.25, -0.2) is 29.9 Å². The number of hydrogen-bond acceptors (Lipinski definition) is 11. The summed E-state index contributed by atoms with van der Waals surface area (Å²) in [6.07, 6.45) is 22.2. The fourth-order valence-corrected chi connectivity index (χ4v) is 8.18. The van der Waals surface area contributed by atoms with Crippen molar-refractivity contribution in [2.24, 2.45) is 4.99 Å². The molecule has 0 unspecified atom stereocenters. The maximum Gasteiger partial charge on any atom is 0.233 e. The van der Waals surface area contributed by atoms with Gasteiger partial charge in [-0.2, -0.15) is 10.2 Å². The lowest BCUT2D eigenvalue weighted by Crippen LogP contribution is -2.42. The molecule has 0 radical (unpaired) electrons. The maximum absolute atomic E-state index is 9.04. The van der Waals surface area contributed by atoms with E-state index in [0.29, 0.717) is 41.4 Å². The van der Waals surface area contributed by atoms with E-state index in [9.17, 15) is 0 Å². The van der Waals surface area contributed by atoms with E-state index < -0.39 is 0 Å². The van der Waals surface area contributed by atoms with Crippen molar-refractivity contribution in [3.8, 4) is 0 Å². The van der Waals surface area contributed by atoms with Gasteiger partial charge < -0.3 is 19.3 Å². The Bertz CT molecular complexity index is 2960. The van der Waals surface area contributed by atoms with Crippen LogP contribution in [0.1, 0.15) is 175 Å². The van der Waals surface area contributed by atoms with Gasteiger partial charge in [0.25, 0.3) is 0 Å². The van der Waals surface area contributed by atoms with Crippen molar-refractivity contribution < 1.29 is 5.21 Å². The van der Waals surface area contributed by atoms with Gasteiger partial charge >= 0.3 is 0 Å². The highest BCUT2D eigenvalue weighted by Gasteiger charge is 2.26. The first kappa shape index (κ1) is 54.8. The van der Waals surface area contributed by atoms with Gasteiger partial charge in [-0.15, -0.1) is 0 Å². The number of nitrogens with one attached hydrogen (secondary N) is 1. The van der Waals surface area contributed by atoms with Gasteiger partial charge in [0.05, 0.1) is 17.9 Å². The van der Waals surface area contributed by atoms with Gasteiger partial charge in [-0.1, -0.05) is 101 Å². The molecule has 15 heteroatoms. The summed E-state index contributed by atoms with van der Waals surface area (Å²) in [5.74, 6) is 5.31. The molecule has 9 aromatic heterocycles. The summed E-state index contributed by atoms with van der Waals surface area (Å²) in [7, 11) is 0. The molecule has 0 aliphatic carbocycles. The minimum Gasteiger partial charge on any atom is -0.314 e. The molecule has 3 aliphatic rings. The van der Waals surface area contributed by atoms with Gasteiger partial charge in [-0.05, 0) is 94.7 Å². The average molecular weight is 999 g/mol. The lowest BCUT2D eigenvalue weighted by molar-refractivity contribution is -0.149. The molecular weight excluding hydrogens is 921 g/mol. The number of hydroxylamine groups is 2. The molecule has 1 fully saturated rings. The first-order valence-corrected chi connectivity index (χ1v) is 26.4. The number of pyridine rings is 4. The molecule has 0 saturated carbocycles. The summed E-state index contributed by atoms with van der Waals surface area (Å²) < 4.78 is 8.10. The molecule has 0 amide bonds. The van der Waals surface area contributed by atoms with Crippen LogP contribution in [0.2, 0.25) is 0 Å². The van der Waals surface area contributed by atoms with Crippen molar-refractivity contribution in [1.29, 1.82) is 0 Å². The molecule has 0 bridgehead atoms. The van der Waals surface area contributed by atoms with Crippen LogP contribution >= 0.6 is 0 Å². The Morgan fingerprint density at radius 1 is 0.568 bits per heavy atom. The highest BCUT2D eigenvalue weighted by molar-refractivity contribution is 5.73. The standard InChI is InChI=1S/C11H16N2O.3C10H12N2.C9H11N3.C9H15N3/c1-8(2)11-4-3-9(5-12-11)10-6-13(14)7-10;1-8(2)9-3-5-12-6-4-11-10(12)7-9;1-8(2)9-3-4-10-11-5-6-12(10)7-9;1-7(2)9-4-3-8-5-6-11-10(8)12-9;1-7(2)8-3-5-12-6-4-10-9(12)11-8;1-7(2)9-5-8-6-10-3-4-12(8)11-9/h3-5,8,10,14H,6-7H2,1-2H3;2*3-8H,1-2H3;3-4,6-7H,5H2,1-2H3;3-7H,1-2H3;5,7,10H,3-4,6H2,1-2H3. The maximum atomic E-state index is 9.04. The number of aromatic nitrogens is 11. The number of nitrogens with zero attached hydrogens (tertiary/aromatic N) is 13.